The minimum atomic E-state index is -0.504. The number of Topliss-reactive ketones (excluding diaryl/α,β-unsaturated/α-hetero) is 1. The molecule has 1 amide bonds. The van der Waals surface area contributed by atoms with Crippen molar-refractivity contribution in [2.75, 3.05) is 33.0 Å². The number of hydrogen-bond acceptors (Lipinski definition) is 5. The number of aromatic nitrogens is 1. The van der Waals surface area contributed by atoms with Crippen LogP contribution in [0.15, 0.2) is 72.9 Å². The molecular weight excluding hydrogens is 478 g/mol. The molecule has 4 heterocycles. The number of ether oxygens (including phenoxy) is 2. The van der Waals surface area contributed by atoms with Gasteiger partial charge in [0.25, 0.3) is 11.7 Å². The second-order valence-corrected chi connectivity index (χ2v) is 9.43. The Morgan fingerprint density at radius 2 is 1.64 bits per heavy atom. The van der Waals surface area contributed by atoms with Gasteiger partial charge in [-0.3, -0.25) is 14.5 Å². The Hall–Kier alpha value is -3.81. The van der Waals surface area contributed by atoms with E-state index in [-0.39, 0.29) is 6.79 Å². The highest BCUT2D eigenvalue weighted by Crippen LogP contribution is 2.33. The molecule has 1 saturated heterocycles. The van der Waals surface area contributed by atoms with Crippen molar-refractivity contribution in [2.24, 2.45) is 0 Å². The molecule has 182 valence electrons. The molecule has 0 unspecified atom stereocenters. The van der Waals surface area contributed by atoms with Crippen LogP contribution in [-0.2, 0) is 11.3 Å². The normalized spacial score (nSPS) is 15.4. The van der Waals surface area contributed by atoms with Crippen molar-refractivity contribution in [1.82, 2.24) is 14.2 Å². The number of nitrogens with zero attached hydrogens (tertiary/aromatic N) is 3. The Balaban J connectivity index is 1.19. The predicted octanol–water partition coefficient (Wildman–Crippen LogP) is 4.52. The number of hydrogen-bond donors (Lipinski definition) is 0. The van der Waals surface area contributed by atoms with Gasteiger partial charge in [-0.15, -0.1) is 0 Å². The monoisotopic (exact) mass is 501 g/mol. The van der Waals surface area contributed by atoms with Gasteiger partial charge < -0.3 is 18.8 Å². The molecule has 0 saturated carbocycles. The van der Waals surface area contributed by atoms with Crippen LogP contribution < -0.4 is 9.47 Å². The summed E-state index contributed by atoms with van der Waals surface area (Å²) in [5.41, 5.74) is 3.92. The lowest BCUT2D eigenvalue weighted by Gasteiger charge is -2.34. The maximum Gasteiger partial charge on any atom is 0.296 e. The number of halogens is 1. The van der Waals surface area contributed by atoms with Crippen LogP contribution in [0, 0.1) is 0 Å². The molecule has 1 fully saturated rings. The average Bonchev–Trinajstić information content (AvgIpc) is 3.53. The average molecular weight is 502 g/mol. The van der Waals surface area contributed by atoms with Crippen molar-refractivity contribution in [1.29, 1.82) is 0 Å². The quantitative estimate of drug-likeness (QED) is 0.297. The van der Waals surface area contributed by atoms with Gasteiger partial charge in [0.1, 0.15) is 5.69 Å². The summed E-state index contributed by atoms with van der Waals surface area (Å²) in [6, 6.07) is 20.9. The number of amides is 1. The van der Waals surface area contributed by atoms with Gasteiger partial charge in [-0.1, -0.05) is 35.9 Å². The summed E-state index contributed by atoms with van der Waals surface area (Å²) >= 11 is 6.07. The second kappa shape index (κ2) is 9.33. The van der Waals surface area contributed by atoms with Crippen molar-refractivity contribution in [3.8, 4) is 22.6 Å². The molecular formula is C28H24ClN3O4. The molecule has 0 radical (unpaired) electrons. The Morgan fingerprint density at radius 1 is 0.861 bits per heavy atom. The van der Waals surface area contributed by atoms with E-state index in [4.69, 9.17) is 21.1 Å². The van der Waals surface area contributed by atoms with Gasteiger partial charge in [0.05, 0.1) is 0 Å². The van der Waals surface area contributed by atoms with Crippen LogP contribution in [0.25, 0.3) is 16.6 Å². The van der Waals surface area contributed by atoms with Gasteiger partial charge in [0, 0.05) is 55.0 Å². The first-order chi connectivity index (χ1) is 17.6. The Bertz CT molecular complexity index is 1460. The fourth-order valence-corrected chi connectivity index (χ4v) is 4.98. The van der Waals surface area contributed by atoms with E-state index in [2.05, 4.69) is 4.90 Å². The molecule has 0 aliphatic carbocycles. The Labute approximate surface area is 213 Å². The van der Waals surface area contributed by atoms with E-state index >= 15 is 0 Å². The van der Waals surface area contributed by atoms with E-state index in [1.807, 2.05) is 60.8 Å². The van der Waals surface area contributed by atoms with Gasteiger partial charge in [-0.25, -0.2) is 0 Å². The van der Waals surface area contributed by atoms with Gasteiger partial charge in [-0.2, -0.15) is 0 Å². The van der Waals surface area contributed by atoms with Crippen LogP contribution in [0.3, 0.4) is 0 Å². The molecule has 7 nitrogen and oxygen atoms in total. The number of benzene rings is 2. The summed E-state index contributed by atoms with van der Waals surface area (Å²) in [5, 5.41) is 0.616. The highest BCUT2D eigenvalue weighted by molar-refractivity contribution is 6.43. The van der Waals surface area contributed by atoms with Crippen molar-refractivity contribution in [2.45, 2.75) is 6.54 Å². The van der Waals surface area contributed by atoms with Crippen LogP contribution in [0.1, 0.15) is 16.1 Å². The lowest BCUT2D eigenvalue weighted by Crippen LogP contribution is -2.50. The minimum Gasteiger partial charge on any atom is -0.454 e. The number of ketones is 1. The lowest BCUT2D eigenvalue weighted by molar-refractivity contribution is -0.128. The van der Waals surface area contributed by atoms with Crippen molar-refractivity contribution in [3.63, 3.8) is 0 Å². The smallest absolute Gasteiger partial charge is 0.296 e. The standard InChI is InChI=1S/C28H24ClN3O4/c29-21-7-5-20(6-8-21)23-16-22-3-1-2-10-32(22)26(23)27(33)28(34)31-13-11-30(12-14-31)17-19-4-9-24-25(15-19)36-18-35-24/h1-10,15-16H,11-14,17-18H2. The molecule has 36 heavy (non-hydrogen) atoms. The zero-order chi connectivity index (χ0) is 24.6. The number of carbonyl (C=O) groups is 2. The molecule has 4 aromatic rings. The van der Waals surface area contributed by atoms with Crippen LogP contribution in [0.5, 0.6) is 11.5 Å². The molecule has 0 atom stereocenters. The first kappa shape index (κ1) is 22.6. The van der Waals surface area contributed by atoms with Gasteiger partial charge in [-0.05, 0) is 53.6 Å². The Kier molecular flexibility index (Phi) is 5.87. The number of rotatable bonds is 5. The van der Waals surface area contributed by atoms with Gasteiger partial charge >= 0.3 is 0 Å². The topological polar surface area (TPSA) is 63.5 Å². The third kappa shape index (κ3) is 4.21. The molecule has 8 heteroatoms. The molecule has 2 aromatic heterocycles. The zero-order valence-electron chi connectivity index (χ0n) is 19.5. The largest absolute Gasteiger partial charge is 0.454 e. The third-order valence-corrected chi connectivity index (χ3v) is 7.00. The SMILES string of the molecule is O=C(C(=O)N1CCN(Cc2ccc3c(c2)OCO3)CC1)c1c(-c2ccc(Cl)cc2)cc2ccccn12. The van der Waals surface area contributed by atoms with E-state index in [0.717, 1.165) is 40.3 Å². The molecule has 2 aliphatic rings. The number of fused-ring (bicyclic) bond motifs is 2. The van der Waals surface area contributed by atoms with E-state index in [1.165, 1.54) is 0 Å². The number of carbonyl (C=O) groups excluding carboxylic acids is 2. The summed E-state index contributed by atoms with van der Waals surface area (Å²) in [4.78, 5) is 30.9. The molecule has 0 N–H and O–H groups in total. The van der Waals surface area contributed by atoms with E-state index in [0.29, 0.717) is 36.9 Å². The summed E-state index contributed by atoms with van der Waals surface area (Å²) < 4.78 is 12.7. The van der Waals surface area contributed by atoms with E-state index in [1.54, 1.807) is 21.4 Å². The van der Waals surface area contributed by atoms with Crippen LogP contribution in [0.2, 0.25) is 5.02 Å². The zero-order valence-corrected chi connectivity index (χ0v) is 20.3. The van der Waals surface area contributed by atoms with Crippen molar-refractivity contribution < 1.29 is 19.1 Å². The highest BCUT2D eigenvalue weighted by Gasteiger charge is 2.31. The van der Waals surface area contributed by atoms with Crippen molar-refractivity contribution >= 4 is 28.8 Å². The lowest BCUT2D eigenvalue weighted by atomic mass is 10.0. The highest BCUT2D eigenvalue weighted by atomic mass is 35.5. The maximum absolute atomic E-state index is 13.6. The third-order valence-electron chi connectivity index (χ3n) is 6.75. The summed E-state index contributed by atoms with van der Waals surface area (Å²) in [5.74, 6) is 0.554. The molecule has 2 aromatic carbocycles. The fraction of sp³-hybridized carbons (Fsp3) is 0.214. The summed E-state index contributed by atoms with van der Waals surface area (Å²) in [6.45, 7) is 3.36. The first-order valence-corrected chi connectivity index (χ1v) is 12.2. The van der Waals surface area contributed by atoms with Crippen LogP contribution in [0.4, 0.5) is 0 Å². The molecule has 0 spiro atoms. The number of pyridine rings is 1. The van der Waals surface area contributed by atoms with Crippen LogP contribution >= 0.6 is 11.6 Å². The first-order valence-electron chi connectivity index (χ1n) is 11.9. The van der Waals surface area contributed by atoms with Crippen LogP contribution in [-0.4, -0.2) is 58.9 Å². The molecule has 6 rings (SSSR count). The van der Waals surface area contributed by atoms with E-state index in [9.17, 15) is 9.59 Å². The van der Waals surface area contributed by atoms with Gasteiger partial charge in [0.15, 0.2) is 11.5 Å². The van der Waals surface area contributed by atoms with E-state index < -0.39 is 11.7 Å². The maximum atomic E-state index is 13.6. The Morgan fingerprint density at radius 3 is 2.44 bits per heavy atom. The number of piperazine rings is 1. The fourth-order valence-electron chi connectivity index (χ4n) is 4.86. The summed E-state index contributed by atoms with van der Waals surface area (Å²) in [7, 11) is 0. The molecule has 2 aliphatic heterocycles. The second-order valence-electron chi connectivity index (χ2n) is 8.99. The summed E-state index contributed by atoms with van der Waals surface area (Å²) in [6.07, 6.45) is 1.82. The predicted molar refractivity (Wildman–Crippen MR) is 137 cm³/mol. The van der Waals surface area contributed by atoms with Crippen molar-refractivity contribution in [3.05, 3.63) is 89.2 Å². The van der Waals surface area contributed by atoms with Gasteiger partial charge in [0.2, 0.25) is 6.79 Å². The minimum absolute atomic E-state index is 0.254. The molecule has 0 bridgehead atoms.